The molecule has 7 nitrogen and oxygen atoms in total. The van der Waals surface area contributed by atoms with Crippen molar-refractivity contribution in [1.82, 2.24) is 24.8 Å². The largest absolute Gasteiger partial charge is 0.351 e. The van der Waals surface area contributed by atoms with Crippen molar-refractivity contribution in [1.29, 1.82) is 0 Å². The van der Waals surface area contributed by atoms with Crippen LogP contribution < -0.4 is 10.2 Å². The molecular formula is C22H26N6O. The van der Waals surface area contributed by atoms with Crippen LogP contribution >= 0.6 is 0 Å². The van der Waals surface area contributed by atoms with Gasteiger partial charge >= 0.3 is 0 Å². The summed E-state index contributed by atoms with van der Waals surface area (Å²) >= 11 is 0. The maximum Gasteiger partial charge on any atom is 0.225 e. The lowest BCUT2D eigenvalue weighted by Crippen LogP contribution is -2.37. The third-order valence-corrected chi connectivity index (χ3v) is 5.25. The van der Waals surface area contributed by atoms with Crippen molar-refractivity contribution in [3.8, 4) is 11.3 Å². The summed E-state index contributed by atoms with van der Waals surface area (Å²) in [4.78, 5) is 28.0. The van der Waals surface area contributed by atoms with E-state index >= 15 is 0 Å². The van der Waals surface area contributed by atoms with Crippen LogP contribution in [0.25, 0.3) is 11.3 Å². The zero-order valence-corrected chi connectivity index (χ0v) is 16.7. The molecule has 0 radical (unpaired) electrons. The molecule has 0 bridgehead atoms. The van der Waals surface area contributed by atoms with Gasteiger partial charge in [0.05, 0.1) is 5.69 Å². The van der Waals surface area contributed by atoms with Gasteiger partial charge in [-0.1, -0.05) is 37.3 Å². The Morgan fingerprint density at radius 1 is 1.17 bits per heavy atom. The van der Waals surface area contributed by atoms with Crippen molar-refractivity contribution in [2.24, 2.45) is 0 Å². The monoisotopic (exact) mass is 390 g/mol. The second-order valence-corrected chi connectivity index (χ2v) is 7.25. The second-order valence-electron chi connectivity index (χ2n) is 7.25. The van der Waals surface area contributed by atoms with Crippen LogP contribution in [0.3, 0.4) is 0 Å². The minimum Gasteiger partial charge on any atom is -0.351 e. The van der Waals surface area contributed by atoms with Gasteiger partial charge in [0.25, 0.3) is 0 Å². The van der Waals surface area contributed by atoms with E-state index in [0.29, 0.717) is 18.9 Å². The molecule has 2 aromatic heterocycles. The lowest BCUT2D eigenvalue weighted by molar-refractivity contribution is -0.121. The van der Waals surface area contributed by atoms with Gasteiger partial charge in [-0.05, 0) is 12.5 Å². The smallest absolute Gasteiger partial charge is 0.225 e. The number of aryl methyl sites for hydroxylation is 2. The third kappa shape index (κ3) is 4.62. The number of carbonyl (C=O) groups is 1. The second kappa shape index (κ2) is 8.86. The number of carbonyl (C=O) groups excluding carboxylic acids is 1. The fourth-order valence-corrected chi connectivity index (χ4v) is 3.71. The quantitative estimate of drug-likeness (QED) is 0.671. The van der Waals surface area contributed by atoms with E-state index in [2.05, 4.69) is 27.1 Å². The number of rotatable bonds is 7. The van der Waals surface area contributed by atoms with Crippen molar-refractivity contribution < 1.29 is 4.79 Å². The first-order valence-electron chi connectivity index (χ1n) is 10.2. The molecule has 4 rings (SSSR count). The number of aromatic nitrogens is 4. The number of hydrogen-bond donors (Lipinski definition) is 1. The van der Waals surface area contributed by atoms with E-state index in [9.17, 15) is 4.79 Å². The van der Waals surface area contributed by atoms with Crippen molar-refractivity contribution in [2.75, 3.05) is 18.0 Å². The molecule has 1 fully saturated rings. The molecule has 1 aliphatic rings. The van der Waals surface area contributed by atoms with Gasteiger partial charge in [-0.25, -0.2) is 15.0 Å². The number of hydrogen-bond acceptors (Lipinski definition) is 5. The highest BCUT2D eigenvalue weighted by Crippen LogP contribution is 2.21. The van der Waals surface area contributed by atoms with E-state index in [4.69, 9.17) is 4.98 Å². The Morgan fingerprint density at radius 2 is 2.03 bits per heavy atom. The number of nitrogens with zero attached hydrogens (tertiary/aromatic N) is 5. The lowest BCUT2D eigenvalue weighted by Gasteiger charge is -2.17. The Morgan fingerprint density at radius 3 is 2.86 bits per heavy atom. The van der Waals surface area contributed by atoms with Crippen molar-refractivity contribution >= 4 is 11.9 Å². The summed E-state index contributed by atoms with van der Waals surface area (Å²) in [5.74, 6) is 1.81. The molecule has 0 aliphatic carbocycles. The molecule has 1 unspecified atom stereocenters. The van der Waals surface area contributed by atoms with Crippen molar-refractivity contribution in [3.05, 3.63) is 60.8 Å². The number of anilines is 1. The Kier molecular flexibility index (Phi) is 5.84. The molecule has 1 aliphatic heterocycles. The van der Waals surface area contributed by atoms with E-state index in [1.54, 1.807) is 12.4 Å². The zero-order chi connectivity index (χ0) is 20.1. The summed E-state index contributed by atoms with van der Waals surface area (Å²) in [5, 5.41) is 3.15. The minimum atomic E-state index is 0.0755. The summed E-state index contributed by atoms with van der Waals surface area (Å²) in [7, 11) is 0. The maximum atomic E-state index is 12.4. The van der Waals surface area contributed by atoms with E-state index in [-0.39, 0.29) is 11.9 Å². The highest BCUT2D eigenvalue weighted by atomic mass is 16.1. The molecule has 29 heavy (non-hydrogen) atoms. The predicted octanol–water partition coefficient (Wildman–Crippen LogP) is 2.69. The van der Waals surface area contributed by atoms with E-state index < -0.39 is 0 Å². The Balaban J connectivity index is 1.32. The lowest BCUT2D eigenvalue weighted by atomic mass is 10.1. The SMILES string of the molecule is CCc1nccn1CCC(=O)NC1CCN(c2nccc(-c3ccccc3)n2)C1. The highest BCUT2D eigenvalue weighted by Gasteiger charge is 2.25. The number of amides is 1. The van der Waals surface area contributed by atoms with Gasteiger partial charge in [-0.15, -0.1) is 0 Å². The van der Waals surface area contributed by atoms with Crippen LogP contribution in [-0.4, -0.2) is 44.6 Å². The Hall–Kier alpha value is -3.22. The molecule has 3 heterocycles. The fraction of sp³-hybridized carbons (Fsp3) is 0.364. The Labute approximate surface area is 170 Å². The fourth-order valence-electron chi connectivity index (χ4n) is 3.71. The van der Waals surface area contributed by atoms with E-state index in [1.165, 1.54) is 0 Å². The van der Waals surface area contributed by atoms with Gasteiger partial charge in [0.15, 0.2) is 0 Å². The molecule has 1 amide bonds. The molecule has 7 heteroatoms. The average Bonchev–Trinajstić information content (AvgIpc) is 3.42. The molecule has 1 saturated heterocycles. The molecule has 150 valence electrons. The van der Waals surface area contributed by atoms with Crippen LogP contribution in [0.5, 0.6) is 0 Å². The summed E-state index contributed by atoms with van der Waals surface area (Å²) in [6.45, 7) is 4.30. The highest BCUT2D eigenvalue weighted by molar-refractivity contribution is 5.76. The number of benzene rings is 1. The summed E-state index contributed by atoms with van der Waals surface area (Å²) in [6.07, 6.45) is 7.74. The molecule has 1 N–H and O–H groups in total. The Bertz CT molecular complexity index is 955. The van der Waals surface area contributed by atoms with Gasteiger partial charge < -0.3 is 14.8 Å². The summed E-state index contributed by atoms with van der Waals surface area (Å²) < 4.78 is 2.05. The molecule has 0 saturated carbocycles. The molecular weight excluding hydrogens is 364 g/mol. The zero-order valence-electron chi connectivity index (χ0n) is 16.7. The van der Waals surface area contributed by atoms with Gasteiger partial charge in [-0.3, -0.25) is 4.79 Å². The van der Waals surface area contributed by atoms with Crippen LogP contribution in [0.15, 0.2) is 55.0 Å². The maximum absolute atomic E-state index is 12.4. The third-order valence-electron chi connectivity index (χ3n) is 5.25. The van der Waals surface area contributed by atoms with Crippen LogP contribution in [0, 0.1) is 0 Å². The first-order valence-corrected chi connectivity index (χ1v) is 10.2. The van der Waals surface area contributed by atoms with Crippen LogP contribution in [0.2, 0.25) is 0 Å². The first-order chi connectivity index (χ1) is 14.2. The van der Waals surface area contributed by atoms with Gasteiger partial charge in [0.1, 0.15) is 5.82 Å². The van der Waals surface area contributed by atoms with Crippen molar-refractivity contribution in [3.63, 3.8) is 0 Å². The molecule has 1 atom stereocenters. The minimum absolute atomic E-state index is 0.0755. The summed E-state index contributed by atoms with van der Waals surface area (Å²) in [5.41, 5.74) is 1.99. The normalized spacial score (nSPS) is 16.2. The molecule has 0 spiro atoms. The molecule has 1 aromatic carbocycles. The standard InChI is InChI=1S/C22H26N6O/c1-2-20-23-12-15-27(20)14-10-21(29)25-18-9-13-28(16-18)22-24-11-8-19(26-22)17-6-4-3-5-7-17/h3-8,11-12,15,18H,2,9-10,13-14,16H2,1H3,(H,25,29). The van der Waals surface area contributed by atoms with E-state index in [0.717, 1.165) is 43.0 Å². The topological polar surface area (TPSA) is 75.9 Å². The number of imidazole rings is 1. The van der Waals surface area contributed by atoms with Crippen LogP contribution in [-0.2, 0) is 17.8 Å². The van der Waals surface area contributed by atoms with Gasteiger partial charge in [0, 0.05) is 62.7 Å². The average molecular weight is 390 g/mol. The van der Waals surface area contributed by atoms with Gasteiger partial charge in [-0.2, -0.15) is 0 Å². The first kappa shape index (κ1) is 19.1. The van der Waals surface area contributed by atoms with Crippen molar-refractivity contribution in [2.45, 2.75) is 38.8 Å². The molecule has 3 aromatic rings. The predicted molar refractivity (Wildman–Crippen MR) is 112 cm³/mol. The van der Waals surface area contributed by atoms with Gasteiger partial charge in [0.2, 0.25) is 11.9 Å². The van der Waals surface area contributed by atoms with E-state index in [1.807, 2.05) is 47.2 Å². The van der Waals surface area contributed by atoms with Crippen LogP contribution in [0.4, 0.5) is 5.95 Å². The number of nitrogens with one attached hydrogen (secondary N) is 1. The van der Waals surface area contributed by atoms with Crippen LogP contribution in [0.1, 0.15) is 25.6 Å². The summed E-state index contributed by atoms with van der Waals surface area (Å²) in [6, 6.07) is 12.1.